The highest BCUT2D eigenvalue weighted by Crippen LogP contribution is 2.48. The molecule has 0 bridgehead atoms. The predicted octanol–water partition coefficient (Wildman–Crippen LogP) is 10.3. The molecule has 27 heavy (non-hydrogen) atoms. The zero-order valence-electron chi connectivity index (χ0n) is 20.4. The largest absolute Gasteiger partial charge is 0.0856 e. The van der Waals surface area contributed by atoms with Crippen molar-refractivity contribution in [2.75, 3.05) is 0 Å². The quantitative estimate of drug-likeness (QED) is 0.164. The number of allylic oxidation sites excluding steroid dienone is 2. The van der Waals surface area contributed by atoms with Crippen LogP contribution in [0, 0.1) is 10.8 Å². The maximum atomic E-state index is 2.56. The van der Waals surface area contributed by atoms with E-state index in [1.165, 1.54) is 103 Å². The van der Waals surface area contributed by atoms with Crippen LogP contribution in [-0.2, 0) is 0 Å². The van der Waals surface area contributed by atoms with E-state index in [9.17, 15) is 0 Å². The summed E-state index contributed by atoms with van der Waals surface area (Å²) in [5.74, 6) is 0. The highest BCUT2D eigenvalue weighted by Gasteiger charge is 2.38. The molecule has 0 radical (unpaired) electrons. The van der Waals surface area contributed by atoms with Crippen LogP contribution in [0.1, 0.15) is 151 Å². The normalized spacial score (nSPS) is 15.1. The molecular weight excluding hydrogens is 324 g/mol. The number of unbranched alkanes of at least 4 members (excludes halogenated alkanes) is 7. The summed E-state index contributed by atoms with van der Waals surface area (Å²) in [4.78, 5) is 0. The minimum atomic E-state index is 0.454. The lowest BCUT2D eigenvalue weighted by Gasteiger charge is -2.45. The van der Waals surface area contributed by atoms with Crippen molar-refractivity contribution in [1.29, 1.82) is 0 Å². The molecule has 0 saturated carbocycles. The van der Waals surface area contributed by atoms with Gasteiger partial charge in [0, 0.05) is 0 Å². The van der Waals surface area contributed by atoms with E-state index >= 15 is 0 Å². The van der Waals surface area contributed by atoms with E-state index in [0.29, 0.717) is 10.8 Å². The van der Waals surface area contributed by atoms with E-state index in [1.54, 1.807) is 5.57 Å². The highest BCUT2D eigenvalue weighted by molar-refractivity contribution is 5.02. The van der Waals surface area contributed by atoms with E-state index in [-0.39, 0.29) is 0 Å². The van der Waals surface area contributed by atoms with Gasteiger partial charge >= 0.3 is 0 Å². The van der Waals surface area contributed by atoms with Crippen molar-refractivity contribution in [1.82, 2.24) is 0 Å². The third-order valence-corrected chi connectivity index (χ3v) is 7.39. The van der Waals surface area contributed by atoms with E-state index in [0.717, 1.165) is 0 Å². The first-order chi connectivity index (χ1) is 12.9. The van der Waals surface area contributed by atoms with Gasteiger partial charge in [-0.15, -0.1) is 0 Å². The van der Waals surface area contributed by atoms with Crippen molar-refractivity contribution in [3.05, 3.63) is 11.6 Å². The van der Waals surface area contributed by atoms with E-state index in [2.05, 4.69) is 54.5 Å². The first-order valence-corrected chi connectivity index (χ1v) is 12.5. The summed E-state index contributed by atoms with van der Waals surface area (Å²) in [5, 5.41) is 0. The molecule has 0 nitrogen and oxygen atoms in total. The predicted molar refractivity (Wildman–Crippen MR) is 127 cm³/mol. The van der Waals surface area contributed by atoms with Crippen LogP contribution in [0.25, 0.3) is 0 Å². The fraction of sp³-hybridized carbons (Fsp3) is 0.926. The first kappa shape index (κ1) is 26.7. The van der Waals surface area contributed by atoms with Gasteiger partial charge < -0.3 is 0 Å². The summed E-state index contributed by atoms with van der Waals surface area (Å²) in [6.45, 7) is 16.9. The average molecular weight is 379 g/mol. The van der Waals surface area contributed by atoms with Crippen molar-refractivity contribution >= 4 is 0 Å². The zero-order chi connectivity index (χ0) is 20.6. The van der Waals surface area contributed by atoms with Gasteiger partial charge in [0.1, 0.15) is 0 Å². The Bertz CT molecular complexity index is 362. The van der Waals surface area contributed by atoms with Crippen molar-refractivity contribution in [3.63, 3.8) is 0 Å². The summed E-state index contributed by atoms with van der Waals surface area (Å²) < 4.78 is 0. The van der Waals surface area contributed by atoms with Crippen molar-refractivity contribution < 1.29 is 0 Å². The van der Waals surface area contributed by atoms with Crippen LogP contribution < -0.4 is 0 Å². The lowest BCUT2D eigenvalue weighted by molar-refractivity contribution is 0.0592. The summed E-state index contributed by atoms with van der Waals surface area (Å²) >= 11 is 0. The Balaban J connectivity index is 4.25. The Morgan fingerprint density at radius 2 is 1.19 bits per heavy atom. The monoisotopic (exact) mass is 378 g/mol. The van der Waals surface area contributed by atoms with Crippen molar-refractivity contribution in [2.45, 2.75) is 151 Å². The molecule has 1 unspecified atom stereocenters. The molecule has 0 aromatic carbocycles. The third-order valence-electron chi connectivity index (χ3n) is 7.39. The summed E-state index contributed by atoms with van der Waals surface area (Å²) in [5.41, 5.74) is 2.69. The molecule has 0 rings (SSSR count). The molecule has 0 N–H and O–H groups in total. The summed E-state index contributed by atoms with van der Waals surface area (Å²) in [7, 11) is 0. The number of rotatable bonds is 18. The van der Waals surface area contributed by atoms with Gasteiger partial charge in [-0.3, -0.25) is 0 Å². The van der Waals surface area contributed by atoms with Crippen molar-refractivity contribution in [2.24, 2.45) is 10.8 Å². The average Bonchev–Trinajstić information content (AvgIpc) is 2.63. The van der Waals surface area contributed by atoms with Gasteiger partial charge in [-0.25, -0.2) is 0 Å². The fourth-order valence-electron chi connectivity index (χ4n) is 4.59. The van der Waals surface area contributed by atoms with Gasteiger partial charge in [0.15, 0.2) is 0 Å². The zero-order valence-corrected chi connectivity index (χ0v) is 20.4. The second-order valence-electron chi connectivity index (χ2n) is 9.90. The van der Waals surface area contributed by atoms with E-state index < -0.39 is 0 Å². The summed E-state index contributed by atoms with van der Waals surface area (Å²) in [6.07, 6.45) is 24.6. The first-order valence-electron chi connectivity index (χ1n) is 12.5. The molecular formula is C27H54. The molecule has 0 aromatic rings. The Morgan fingerprint density at radius 3 is 1.70 bits per heavy atom. The molecule has 162 valence electrons. The van der Waals surface area contributed by atoms with Crippen LogP contribution in [-0.4, -0.2) is 0 Å². The molecule has 0 aliphatic heterocycles. The van der Waals surface area contributed by atoms with Gasteiger partial charge in [0.25, 0.3) is 0 Å². The fourth-order valence-corrected chi connectivity index (χ4v) is 4.59. The van der Waals surface area contributed by atoms with Gasteiger partial charge in [-0.1, -0.05) is 118 Å². The van der Waals surface area contributed by atoms with Crippen molar-refractivity contribution in [3.8, 4) is 0 Å². The maximum Gasteiger partial charge on any atom is -0.0275 e. The standard InChI is InChI=1S/C27H54/c1-8-12-13-14-15-16-17-18-21-25(20-9-2)22-19-24-27(7,23-10-3)26(5,6)11-4/h20H,8-19,21-24H2,1-7H3. The van der Waals surface area contributed by atoms with Crippen LogP contribution in [0.5, 0.6) is 0 Å². The molecule has 0 aliphatic carbocycles. The van der Waals surface area contributed by atoms with Crippen LogP contribution in [0.15, 0.2) is 11.6 Å². The number of hydrogen-bond donors (Lipinski definition) is 0. The molecule has 0 aliphatic rings. The molecule has 0 spiro atoms. The van der Waals surface area contributed by atoms with Gasteiger partial charge in [-0.05, 0) is 55.8 Å². The highest BCUT2D eigenvalue weighted by atomic mass is 14.4. The Kier molecular flexibility index (Phi) is 15.5. The molecule has 0 aromatic heterocycles. The topological polar surface area (TPSA) is 0 Å². The Morgan fingerprint density at radius 1 is 0.630 bits per heavy atom. The van der Waals surface area contributed by atoms with Crippen LogP contribution in [0.2, 0.25) is 0 Å². The second-order valence-corrected chi connectivity index (χ2v) is 9.90. The van der Waals surface area contributed by atoms with E-state index in [4.69, 9.17) is 0 Å². The second kappa shape index (κ2) is 15.6. The van der Waals surface area contributed by atoms with Gasteiger partial charge in [-0.2, -0.15) is 0 Å². The SMILES string of the molecule is CCC=C(CCCCCCCCCC)CCCC(C)(CCC)C(C)(C)CC. The molecule has 1 atom stereocenters. The molecule has 0 heteroatoms. The Hall–Kier alpha value is -0.260. The number of hydrogen-bond acceptors (Lipinski definition) is 0. The van der Waals surface area contributed by atoms with Crippen LogP contribution >= 0.6 is 0 Å². The van der Waals surface area contributed by atoms with Crippen LogP contribution in [0.3, 0.4) is 0 Å². The lowest BCUT2D eigenvalue weighted by Crippen LogP contribution is -2.34. The summed E-state index contributed by atoms with van der Waals surface area (Å²) in [6, 6.07) is 0. The van der Waals surface area contributed by atoms with Gasteiger partial charge in [0.2, 0.25) is 0 Å². The minimum absolute atomic E-state index is 0.454. The molecule has 0 heterocycles. The van der Waals surface area contributed by atoms with E-state index in [1.807, 2.05) is 0 Å². The minimum Gasteiger partial charge on any atom is -0.0856 e. The lowest BCUT2D eigenvalue weighted by atomic mass is 9.61. The third kappa shape index (κ3) is 11.4. The maximum absolute atomic E-state index is 2.56. The van der Waals surface area contributed by atoms with Gasteiger partial charge in [0.05, 0.1) is 0 Å². The molecule has 0 fully saturated rings. The Labute approximate surface area is 174 Å². The molecule has 0 amide bonds. The smallest absolute Gasteiger partial charge is 0.0275 e. The molecule has 0 saturated heterocycles. The van der Waals surface area contributed by atoms with Crippen LogP contribution in [0.4, 0.5) is 0 Å².